The van der Waals surface area contributed by atoms with Gasteiger partial charge in [-0.2, -0.15) is 0 Å². The van der Waals surface area contributed by atoms with Crippen molar-refractivity contribution in [2.45, 2.75) is 58.8 Å². The summed E-state index contributed by atoms with van der Waals surface area (Å²) in [6.07, 6.45) is 7.71. The van der Waals surface area contributed by atoms with Crippen LogP contribution in [0, 0.1) is 17.7 Å². The summed E-state index contributed by atoms with van der Waals surface area (Å²) >= 11 is 0. The lowest BCUT2D eigenvalue weighted by Gasteiger charge is -2.07. The van der Waals surface area contributed by atoms with Gasteiger partial charge in [0.25, 0.3) is 0 Å². The van der Waals surface area contributed by atoms with Gasteiger partial charge in [0.1, 0.15) is 5.82 Å². The molecule has 0 aliphatic carbocycles. The zero-order valence-corrected chi connectivity index (χ0v) is 17.0. The number of unbranched alkanes of at least 4 members (excludes halogenated alkanes) is 3. The molecular weight excluding hydrogens is 343 g/mol. The first-order valence-electron chi connectivity index (χ1n) is 10.5. The Morgan fingerprint density at radius 1 is 0.714 bits per heavy atom. The SMILES string of the molecule is CCCCCCc1ccc2cc(C#Cc3ccc(CCC)cc3)ccc2c1F. The van der Waals surface area contributed by atoms with Crippen LogP contribution in [0.3, 0.4) is 0 Å². The molecule has 0 N–H and O–H groups in total. The van der Waals surface area contributed by atoms with E-state index in [4.69, 9.17) is 0 Å². The van der Waals surface area contributed by atoms with E-state index in [0.29, 0.717) is 5.39 Å². The Bertz CT molecular complexity index is 971. The smallest absolute Gasteiger partial charge is 0.134 e. The molecule has 0 saturated heterocycles. The highest BCUT2D eigenvalue weighted by Gasteiger charge is 2.07. The average Bonchev–Trinajstić information content (AvgIpc) is 2.72. The van der Waals surface area contributed by atoms with Crippen LogP contribution in [0.5, 0.6) is 0 Å². The maximum atomic E-state index is 14.8. The Balaban J connectivity index is 1.76. The zero-order valence-electron chi connectivity index (χ0n) is 17.0. The van der Waals surface area contributed by atoms with E-state index in [1.807, 2.05) is 30.3 Å². The van der Waals surface area contributed by atoms with Gasteiger partial charge in [-0.15, -0.1) is 0 Å². The fourth-order valence-electron chi connectivity index (χ4n) is 3.54. The summed E-state index contributed by atoms with van der Waals surface area (Å²) < 4.78 is 14.8. The molecule has 28 heavy (non-hydrogen) atoms. The molecule has 0 spiro atoms. The fraction of sp³-hybridized carbons (Fsp3) is 0.333. The summed E-state index contributed by atoms with van der Waals surface area (Å²) in [4.78, 5) is 0. The number of hydrogen-bond acceptors (Lipinski definition) is 0. The van der Waals surface area contributed by atoms with E-state index < -0.39 is 0 Å². The number of benzene rings is 3. The lowest BCUT2D eigenvalue weighted by Crippen LogP contribution is -1.93. The number of aryl methyl sites for hydroxylation is 2. The van der Waals surface area contributed by atoms with Crippen LogP contribution in [-0.4, -0.2) is 0 Å². The molecule has 0 saturated carbocycles. The summed E-state index contributed by atoms with van der Waals surface area (Å²) in [6.45, 7) is 4.38. The molecule has 0 heterocycles. The quantitative estimate of drug-likeness (QED) is 0.298. The highest BCUT2D eigenvalue weighted by atomic mass is 19.1. The van der Waals surface area contributed by atoms with Gasteiger partial charge in [-0.25, -0.2) is 4.39 Å². The van der Waals surface area contributed by atoms with Gasteiger partial charge in [0.15, 0.2) is 0 Å². The summed E-state index contributed by atoms with van der Waals surface area (Å²) in [6, 6.07) is 18.2. The van der Waals surface area contributed by atoms with E-state index in [-0.39, 0.29) is 5.82 Å². The predicted molar refractivity (Wildman–Crippen MR) is 118 cm³/mol. The maximum Gasteiger partial charge on any atom is 0.134 e. The van der Waals surface area contributed by atoms with Crippen molar-refractivity contribution in [1.29, 1.82) is 0 Å². The van der Waals surface area contributed by atoms with Crippen molar-refractivity contribution in [3.63, 3.8) is 0 Å². The molecule has 0 aliphatic heterocycles. The van der Waals surface area contributed by atoms with Gasteiger partial charge < -0.3 is 0 Å². The van der Waals surface area contributed by atoms with Crippen molar-refractivity contribution in [2.24, 2.45) is 0 Å². The van der Waals surface area contributed by atoms with E-state index in [1.165, 1.54) is 24.8 Å². The second-order valence-corrected chi connectivity index (χ2v) is 7.48. The van der Waals surface area contributed by atoms with E-state index in [0.717, 1.165) is 47.8 Å². The number of hydrogen-bond donors (Lipinski definition) is 0. The Hall–Kier alpha value is -2.59. The van der Waals surface area contributed by atoms with Crippen molar-refractivity contribution in [3.8, 4) is 11.8 Å². The predicted octanol–water partition coefficient (Wildman–Crippen LogP) is 7.45. The third-order valence-corrected chi connectivity index (χ3v) is 5.18. The molecule has 0 aromatic heterocycles. The Labute approximate surface area is 168 Å². The van der Waals surface area contributed by atoms with Crippen LogP contribution in [-0.2, 0) is 12.8 Å². The van der Waals surface area contributed by atoms with Crippen molar-refractivity contribution < 1.29 is 4.39 Å². The molecular formula is C27H29F. The largest absolute Gasteiger partial charge is 0.206 e. The molecule has 0 bridgehead atoms. The van der Waals surface area contributed by atoms with E-state index in [1.54, 1.807) is 0 Å². The minimum atomic E-state index is -0.0694. The molecule has 3 aromatic rings. The average molecular weight is 373 g/mol. The summed E-state index contributed by atoms with van der Waals surface area (Å²) in [5.74, 6) is 6.36. The van der Waals surface area contributed by atoms with Crippen molar-refractivity contribution in [1.82, 2.24) is 0 Å². The van der Waals surface area contributed by atoms with Crippen LogP contribution in [0.4, 0.5) is 4.39 Å². The van der Waals surface area contributed by atoms with Gasteiger partial charge in [-0.3, -0.25) is 0 Å². The molecule has 0 aliphatic rings. The number of halogens is 1. The molecule has 3 rings (SSSR count). The van der Waals surface area contributed by atoms with Gasteiger partial charge >= 0.3 is 0 Å². The lowest BCUT2D eigenvalue weighted by molar-refractivity contribution is 0.603. The lowest BCUT2D eigenvalue weighted by atomic mass is 10.00. The molecule has 0 fully saturated rings. The van der Waals surface area contributed by atoms with E-state index in [9.17, 15) is 4.39 Å². The number of rotatable bonds is 7. The number of fused-ring (bicyclic) bond motifs is 1. The van der Waals surface area contributed by atoms with Crippen LogP contribution in [0.1, 0.15) is 68.2 Å². The zero-order chi connectivity index (χ0) is 19.8. The van der Waals surface area contributed by atoms with Gasteiger partial charge in [0, 0.05) is 16.5 Å². The molecule has 0 unspecified atom stereocenters. The Kier molecular flexibility index (Phi) is 7.26. The van der Waals surface area contributed by atoms with Gasteiger partial charge in [0.2, 0.25) is 0 Å². The minimum absolute atomic E-state index is 0.0694. The van der Waals surface area contributed by atoms with Crippen LogP contribution in [0.2, 0.25) is 0 Å². The first kappa shape index (κ1) is 20.2. The molecule has 0 atom stereocenters. The highest BCUT2D eigenvalue weighted by molar-refractivity contribution is 5.85. The maximum absolute atomic E-state index is 14.8. The van der Waals surface area contributed by atoms with Gasteiger partial charge in [-0.05, 0) is 60.0 Å². The summed E-state index contributed by atoms with van der Waals surface area (Å²) in [5.41, 5.74) is 4.10. The van der Waals surface area contributed by atoms with Crippen LogP contribution >= 0.6 is 0 Å². The van der Waals surface area contributed by atoms with E-state index in [2.05, 4.69) is 50.0 Å². The highest BCUT2D eigenvalue weighted by Crippen LogP contribution is 2.24. The molecule has 144 valence electrons. The third-order valence-electron chi connectivity index (χ3n) is 5.18. The second kappa shape index (κ2) is 10.1. The van der Waals surface area contributed by atoms with Crippen molar-refractivity contribution in [3.05, 3.63) is 82.7 Å². The van der Waals surface area contributed by atoms with Crippen LogP contribution in [0.25, 0.3) is 10.8 Å². The van der Waals surface area contributed by atoms with E-state index >= 15 is 0 Å². The second-order valence-electron chi connectivity index (χ2n) is 7.48. The third kappa shape index (κ3) is 5.23. The van der Waals surface area contributed by atoms with Crippen molar-refractivity contribution >= 4 is 10.8 Å². The normalized spacial score (nSPS) is 10.7. The molecule has 0 amide bonds. The van der Waals surface area contributed by atoms with Crippen LogP contribution in [0.15, 0.2) is 54.6 Å². The van der Waals surface area contributed by atoms with Crippen molar-refractivity contribution in [2.75, 3.05) is 0 Å². The minimum Gasteiger partial charge on any atom is -0.206 e. The topological polar surface area (TPSA) is 0 Å². The first-order chi connectivity index (χ1) is 13.7. The standard InChI is InChI=1S/C27H29F/c1-3-5-6-7-9-24-17-18-25-20-23(16-19-26(25)27(24)28)15-14-22-12-10-21(8-4-2)11-13-22/h10-13,16-20H,3-9H2,1-2H3. The Morgan fingerprint density at radius 3 is 2.21 bits per heavy atom. The monoisotopic (exact) mass is 372 g/mol. The molecule has 1 heteroatoms. The van der Waals surface area contributed by atoms with Gasteiger partial charge in [-0.1, -0.05) is 81.7 Å². The van der Waals surface area contributed by atoms with Gasteiger partial charge in [0.05, 0.1) is 0 Å². The first-order valence-corrected chi connectivity index (χ1v) is 10.5. The molecule has 0 radical (unpaired) electrons. The summed E-state index contributed by atoms with van der Waals surface area (Å²) in [5, 5.41) is 1.61. The molecule has 0 nitrogen and oxygen atoms in total. The Morgan fingerprint density at radius 2 is 1.46 bits per heavy atom. The molecule has 3 aromatic carbocycles. The van der Waals surface area contributed by atoms with Crippen LogP contribution < -0.4 is 0 Å². The fourth-order valence-corrected chi connectivity index (χ4v) is 3.54. The summed E-state index contributed by atoms with van der Waals surface area (Å²) in [7, 11) is 0.